The van der Waals surface area contributed by atoms with Crippen molar-refractivity contribution < 1.29 is 22.7 Å². The van der Waals surface area contributed by atoms with Crippen molar-refractivity contribution in [2.24, 2.45) is 5.73 Å². The third kappa shape index (κ3) is 6.39. The molecule has 0 aromatic heterocycles. The SMILES string of the molecule is CC(C)OC(=O)C(N)CC(F)(F)F. The van der Waals surface area contributed by atoms with Crippen LogP contribution in [0.2, 0.25) is 0 Å². The van der Waals surface area contributed by atoms with Crippen molar-refractivity contribution in [2.75, 3.05) is 0 Å². The van der Waals surface area contributed by atoms with Gasteiger partial charge in [0.1, 0.15) is 6.04 Å². The van der Waals surface area contributed by atoms with Gasteiger partial charge >= 0.3 is 12.1 Å². The molecule has 0 aliphatic rings. The van der Waals surface area contributed by atoms with Crippen LogP contribution in [-0.2, 0) is 9.53 Å². The fourth-order valence-electron chi connectivity index (χ4n) is 0.652. The lowest BCUT2D eigenvalue weighted by Crippen LogP contribution is -2.37. The summed E-state index contributed by atoms with van der Waals surface area (Å²) in [6, 6.07) is -1.62. The van der Waals surface area contributed by atoms with Crippen molar-refractivity contribution in [3.63, 3.8) is 0 Å². The highest BCUT2D eigenvalue weighted by Crippen LogP contribution is 2.21. The second kappa shape index (κ2) is 4.45. The maximum Gasteiger partial charge on any atom is 0.391 e. The van der Waals surface area contributed by atoms with E-state index in [0.717, 1.165) is 0 Å². The van der Waals surface area contributed by atoms with Crippen LogP contribution < -0.4 is 5.73 Å². The second-order valence-electron chi connectivity index (χ2n) is 2.91. The minimum absolute atomic E-state index is 0.452. The number of esters is 1. The molecule has 1 atom stereocenters. The Bertz CT molecular complexity index is 179. The van der Waals surface area contributed by atoms with Gasteiger partial charge in [0.05, 0.1) is 12.5 Å². The number of alkyl halides is 3. The van der Waals surface area contributed by atoms with Gasteiger partial charge in [-0.15, -0.1) is 0 Å². The van der Waals surface area contributed by atoms with Crippen molar-refractivity contribution in [2.45, 2.75) is 38.6 Å². The molecule has 0 aromatic rings. The number of hydrogen-bond donors (Lipinski definition) is 1. The summed E-state index contributed by atoms with van der Waals surface area (Å²) < 4.78 is 39.6. The van der Waals surface area contributed by atoms with Crippen LogP contribution in [0.25, 0.3) is 0 Å². The van der Waals surface area contributed by atoms with E-state index in [-0.39, 0.29) is 0 Å². The third-order valence-corrected chi connectivity index (χ3v) is 1.11. The molecule has 1 unspecified atom stereocenters. The van der Waals surface area contributed by atoms with Crippen LogP contribution in [0.5, 0.6) is 0 Å². The van der Waals surface area contributed by atoms with Crippen molar-refractivity contribution in [1.29, 1.82) is 0 Å². The molecule has 0 saturated carbocycles. The lowest BCUT2D eigenvalue weighted by atomic mass is 10.2. The monoisotopic (exact) mass is 199 g/mol. The zero-order chi connectivity index (χ0) is 10.6. The number of rotatable bonds is 3. The zero-order valence-corrected chi connectivity index (χ0v) is 7.39. The van der Waals surface area contributed by atoms with Crippen LogP contribution in [0.1, 0.15) is 20.3 Å². The summed E-state index contributed by atoms with van der Waals surface area (Å²) in [5.74, 6) is -1.02. The molecule has 3 nitrogen and oxygen atoms in total. The minimum atomic E-state index is -4.44. The fraction of sp³-hybridized carbons (Fsp3) is 0.857. The van der Waals surface area contributed by atoms with Gasteiger partial charge in [-0.3, -0.25) is 4.79 Å². The van der Waals surface area contributed by atoms with E-state index in [4.69, 9.17) is 5.73 Å². The number of carbonyl (C=O) groups is 1. The molecule has 0 amide bonds. The number of hydrogen-bond acceptors (Lipinski definition) is 3. The molecule has 0 fully saturated rings. The topological polar surface area (TPSA) is 52.3 Å². The molecule has 0 aliphatic heterocycles. The number of carbonyl (C=O) groups excluding carboxylic acids is 1. The normalized spacial score (nSPS) is 14.4. The predicted molar refractivity (Wildman–Crippen MR) is 39.9 cm³/mol. The van der Waals surface area contributed by atoms with Gasteiger partial charge in [0.25, 0.3) is 0 Å². The highest BCUT2D eigenvalue weighted by Gasteiger charge is 2.34. The van der Waals surface area contributed by atoms with Gasteiger partial charge in [-0.25, -0.2) is 0 Å². The first kappa shape index (κ1) is 12.2. The van der Waals surface area contributed by atoms with Gasteiger partial charge in [-0.05, 0) is 13.8 Å². The van der Waals surface area contributed by atoms with Gasteiger partial charge in [-0.2, -0.15) is 13.2 Å². The van der Waals surface area contributed by atoms with Crippen molar-refractivity contribution in [3.05, 3.63) is 0 Å². The number of ether oxygens (including phenoxy) is 1. The van der Waals surface area contributed by atoms with Crippen LogP contribution in [-0.4, -0.2) is 24.3 Å². The van der Waals surface area contributed by atoms with Gasteiger partial charge in [0.2, 0.25) is 0 Å². The van der Waals surface area contributed by atoms with E-state index in [0.29, 0.717) is 0 Å². The molecule has 13 heavy (non-hydrogen) atoms. The summed E-state index contributed by atoms with van der Waals surface area (Å²) in [5, 5.41) is 0. The Balaban J connectivity index is 3.97. The zero-order valence-electron chi connectivity index (χ0n) is 7.39. The Kier molecular flexibility index (Phi) is 4.19. The number of nitrogens with two attached hydrogens (primary N) is 1. The molecular weight excluding hydrogens is 187 g/mol. The van der Waals surface area contributed by atoms with Crippen LogP contribution >= 0.6 is 0 Å². The van der Waals surface area contributed by atoms with E-state index in [1.54, 1.807) is 0 Å². The molecule has 2 N–H and O–H groups in total. The summed E-state index contributed by atoms with van der Waals surface area (Å²) in [6.07, 6.45) is -6.24. The molecule has 0 aliphatic carbocycles. The van der Waals surface area contributed by atoms with Crippen molar-refractivity contribution in [1.82, 2.24) is 0 Å². The molecule has 6 heteroatoms. The molecule has 0 bridgehead atoms. The quantitative estimate of drug-likeness (QED) is 0.695. The summed E-state index contributed by atoms with van der Waals surface area (Å²) in [4.78, 5) is 10.8. The van der Waals surface area contributed by atoms with Gasteiger partial charge in [0.15, 0.2) is 0 Å². The average Bonchev–Trinajstić information content (AvgIpc) is 1.81. The van der Waals surface area contributed by atoms with Gasteiger partial charge in [-0.1, -0.05) is 0 Å². The van der Waals surface area contributed by atoms with E-state index in [2.05, 4.69) is 4.74 Å². The molecule has 0 rings (SSSR count). The smallest absolute Gasteiger partial charge is 0.391 e. The minimum Gasteiger partial charge on any atom is -0.462 e. The molecule has 0 radical (unpaired) electrons. The predicted octanol–water partition coefficient (Wildman–Crippen LogP) is 1.22. The van der Waals surface area contributed by atoms with Gasteiger partial charge in [0, 0.05) is 0 Å². The van der Waals surface area contributed by atoms with Gasteiger partial charge < -0.3 is 10.5 Å². The second-order valence-corrected chi connectivity index (χ2v) is 2.91. The number of halogens is 3. The van der Waals surface area contributed by atoms with Crippen LogP contribution in [0.4, 0.5) is 13.2 Å². The molecule has 78 valence electrons. The highest BCUT2D eigenvalue weighted by atomic mass is 19.4. The van der Waals surface area contributed by atoms with Crippen molar-refractivity contribution in [3.8, 4) is 0 Å². The largest absolute Gasteiger partial charge is 0.462 e. The van der Waals surface area contributed by atoms with E-state index in [1.165, 1.54) is 13.8 Å². The van der Waals surface area contributed by atoms with E-state index in [1.807, 2.05) is 0 Å². The first-order chi connectivity index (χ1) is 5.72. The summed E-state index contributed by atoms with van der Waals surface area (Å²) in [6.45, 7) is 3.08. The standard InChI is InChI=1S/C7H12F3NO2/c1-4(2)13-6(12)5(11)3-7(8,9)10/h4-5H,3,11H2,1-2H3. The maximum absolute atomic E-state index is 11.7. The van der Waals surface area contributed by atoms with E-state index < -0.39 is 30.7 Å². The van der Waals surface area contributed by atoms with E-state index >= 15 is 0 Å². The summed E-state index contributed by atoms with van der Waals surface area (Å²) in [7, 11) is 0. The molecule has 0 aromatic carbocycles. The molecule has 0 spiro atoms. The molecule has 0 heterocycles. The lowest BCUT2D eigenvalue weighted by Gasteiger charge is -2.14. The first-order valence-electron chi connectivity index (χ1n) is 3.75. The van der Waals surface area contributed by atoms with Crippen molar-refractivity contribution >= 4 is 5.97 Å². The van der Waals surface area contributed by atoms with Crippen LogP contribution in [0.3, 0.4) is 0 Å². The Hall–Kier alpha value is -0.780. The lowest BCUT2D eigenvalue weighted by molar-refractivity contribution is -0.163. The Labute approximate surface area is 74.0 Å². The molecule has 0 saturated heterocycles. The third-order valence-electron chi connectivity index (χ3n) is 1.11. The average molecular weight is 199 g/mol. The van der Waals surface area contributed by atoms with Crippen LogP contribution in [0.15, 0.2) is 0 Å². The summed E-state index contributed by atoms with van der Waals surface area (Å²) >= 11 is 0. The van der Waals surface area contributed by atoms with Crippen LogP contribution in [0, 0.1) is 0 Å². The first-order valence-corrected chi connectivity index (χ1v) is 3.75. The Morgan fingerprint density at radius 3 is 2.23 bits per heavy atom. The Morgan fingerprint density at radius 1 is 1.46 bits per heavy atom. The van der Waals surface area contributed by atoms with E-state index in [9.17, 15) is 18.0 Å². The highest BCUT2D eigenvalue weighted by molar-refractivity contribution is 5.75. The molecular formula is C7H12F3NO2. The maximum atomic E-state index is 11.7. The Morgan fingerprint density at radius 2 is 1.92 bits per heavy atom. The summed E-state index contributed by atoms with van der Waals surface area (Å²) in [5.41, 5.74) is 4.96. The fourth-order valence-corrected chi connectivity index (χ4v) is 0.652.